The molecule has 0 heterocycles. The van der Waals surface area contributed by atoms with Crippen LogP contribution in [-0.2, 0) is 16.0 Å². The molecular weight excluding hydrogens is 280 g/mol. The number of aromatic hydroxyl groups is 1. The zero-order chi connectivity index (χ0) is 12.3. The number of ether oxygens (including phenoxy) is 1. The normalized spacial score (nSPS) is 9.88. The zero-order valence-electron chi connectivity index (χ0n) is 8.36. The molecule has 86 valence electrons. The Morgan fingerprint density at radius 1 is 1.44 bits per heavy atom. The van der Waals surface area contributed by atoms with Gasteiger partial charge in [0.15, 0.2) is 11.5 Å². The third-order valence-corrected chi connectivity index (χ3v) is 2.68. The van der Waals surface area contributed by atoms with Crippen LogP contribution in [-0.4, -0.2) is 29.1 Å². The number of carbonyl (C=O) groups is 2. The van der Waals surface area contributed by atoms with Crippen molar-refractivity contribution in [3.8, 4) is 11.5 Å². The zero-order valence-corrected chi connectivity index (χ0v) is 9.94. The molecule has 1 rings (SSSR count). The number of carbonyl (C=O) groups excluding carboxylic acids is 1. The van der Waals surface area contributed by atoms with Gasteiger partial charge in [-0.1, -0.05) is 15.9 Å². The number of phenols is 1. The monoisotopic (exact) mass is 288 g/mol. The van der Waals surface area contributed by atoms with Crippen molar-refractivity contribution in [2.45, 2.75) is 6.42 Å². The average molecular weight is 289 g/mol. The molecule has 0 aliphatic carbocycles. The Kier molecular flexibility index (Phi) is 3.89. The highest BCUT2D eigenvalue weighted by Gasteiger charge is 2.16. The van der Waals surface area contributed by atoms with Crippen molar-refractivity contribution < 1.29 is 24.5 Å². The molecule has 0 spiro atoms. The SMILES string of the molecule is COc1cc(CC(=O)C(=O)O)c(Br)cc1O. The van der Waals surface area contributed by atoms with Crippen LogP contribution in [0.15, 0.2) is 16.6 Å². The summed E-state index contributed by atoms with van der Waals surface area (Å²) in [7, 11) is 1.37. The van der Waals surface area contributed by atoms with Gasteiger partial charge in [0.25, 0.3) is 0 Å². The largest absolute Gasteiger partial charge is 0.504 e. The van der Waals surface area contributed by atoms with Gasteiger partial charge in [0.2, 0.25) is 5.78 Å². The van der Waals surface area contributed by atoms with E-state index in [-0.39, 0.29) is 17.9 Å². The average Bonchev–Trinajstić information content (AvgIpc) is 2.21. The van der Waals surface area contributed by atoms with Gasteiger partial charge in [0.1, 0.15) is 0 Å². The van der Waals surface area contributed by atoms with Crippen LogP contribution in [0, 0.1) is 0 Å². The van der Waals surface area contributed by atoms with Crippen molar-refractivity contribution in [1.29, 1.82) is 0 Å². The molecule has 0 aliphatic heterocycles. The lowest BCUT2D eigenvalue weighted by Gasteiger charge is -2.07. The summed E-state index contributed by atoms with van der Waals surface area (Å²) in [4.78, 5) is 21.4. The third kappa shape index (κ3) is 2.73. The van der Waals surface area contributed by atoms with Crippen molar-refractivity contribution in [3.63, 3.8) is 0 Å². The number of carboxylic acid groups (broad SMARTS) is 1. The first-order chi connectivity index (χ1) is 7.45. The molecule has 6 heteroatoms. The number of halogens is 1. The second-order valence-electron chi connectivity index (χ2n) is 3.02. The first kappa shape index (κ1) is 12.5. The van der Waals surface area contributed by atoms with Gasteiger partial charge in [-0.15, -0.1) is 0 Å². The number of ketones is 1. The summed E-state index contributed by atoms with van der Waals surface area (Å²) in [5.41, 5.74) is 0.446. The van der Waals surface area contributed by atoms with Crippen LogP contribution in [0.2, 0.25) is 0 Å². The molecule has 2 N–H and O–H groups in total. The Morgan fingerprint density at radius 2 is 2.06 bits per heavy atom. The highest BCUT2D eigenvalue weighted by Crippen LogP contribution is 2.32. The summed E-state index contributed by atoms with van der Waals surface area (Å²) in [6.07, 6.45) is -0.257. The molecule has 0 amide bonds. The maximum atomic E-state index is 11.0. The van der Waals surface area contributed by atoms with Crippen LogP contribution in [0.3, 0.4) is 0 Å². The minimum atomic E-state index is -1.49. The number of hydrogen-bond donors (Lipinski definition) is 2. The molecule has 0 unspecified atom stereocenters. The lowest BCUT2D eigenvalue weighted by atomic mass is 10.1. The van der Waals surface area contributed by atoms with Gasteiger partial charge >= 0.3 is 5.97 Å². The van der Waals surface area contributed by atoms with Gasteiger partial charge in [-0.05, 0) is 17.7 Å². The molecule has 0 saturated heterocycles. The van der Waals surface area contributed by atoms with Gasteiger partial charge < -0.3 is 14.9 Å². The fourth-order valence-electron chi connectivity index (χ4n) is 1.13. The van der Waals surface area contributed by atoms with Crippen LogP contribution in [0.25, 0.3) is 0 Å². The number of aliphatic carboxylic acids is 1. The highest BCUT2D eigenvalue weighted by molar-refractivity contribution is 9.10. The van der Waals surface area contributed by atoms with E-state index >= 15 is 0 Å². The van der Waals surface area contributed by atoms with Gasteiger partial charge in [-0.25, -0.2) is 4.79 Å². The first-order valence-corrected chi connectivity index (χ1v) is 5.06. The topological polar surface area (TPSA) is 83.8 Å². The number of methoxy groups -OCH3 is 1. The molecule has 0 fully saturated rings. The van der Waals surface area contributed by atoms with Crippen LogP contribution in [0.4, 0.5) is 0 Å². The number of benzene rings is 1. The number of hydrogen-bond acceptors (Lipinski definition) is 4. The molecule has 0 aliphatic rings. The van der Waals surface area contributed by atoms with E-state index in [0.29, 0.717) is 10.0 Å². The van der Waals surface area contributed by atoms with Crippen molar-refractivity contribution in [3.05, 3.63) is 22.2 Å². The van der Waals surface area contributed by atoms with E-state index in [4.69, 9.17) is 9.84 Å². The molecule has 16 heavy (non-hydrogen) atoms. The van der Waals surface area contributed by atoms with Crippen LogP contribution >= 0.6 is 15.9 Å². The third-order valence-electron chi connectivity index (χ3n) is 1.94. The van der Waals surface area contributed by atoms with Crippen LogP contribution in [0.1, 0.15) is 5.56 Å². The second kappa shape index (κ2) is 4.98. The molecule has 0 bridgehead atoms. The highest BCUT2D eigenvalue weighted by atomic mass is 79.9. The predicted octanol–water partition coefficient (Wildman–Crippen LogP) is 1.36. The Labute approximate surface area is 99.8 Å². The van der Waals surface area contributed by atoms with Gasteiger partial charge in [0.05, 0.1) is 7.11 Å². The lowest BCUT2D eigenvalue weighted by molar-refractivity contribution is -0.148. The van der Waals surface area contributed by atoms with Crippen LogP contribution < -0.4 is 4.74 Å². The fraction of sp³-hybridized carbons (Fsp3) is 0.200. The summed E-state index contributed by atoms with van der Waals surface area (Å²) in [6.45, 7) is 0. The Balaban J connectivity index is 3.05. The lowest BCUT2D eigenvalue weighted by Crippen LogP contribution is -2.15. The fourth-order valence-corrected chi connectivity index (χ4v) is 1.60. The number of carboxylic acids is 1. The Morgan fingerprint density at radius 3 is 2.56 bits per heavy atom. The molecule has 0 saturated carbocycles. The maximum Gasteiger partial charge on any atom is 0.372 e. The number of phenolic OH excluding ortho intramolecular Hbond substituents is 1. The minimum absolute atomic E-state index is 0.0825. The summed E-state index contributed by atoms with van der Waals surface area (Å²) in [6, 6.07) is 2.77. The van der Waals surface area contributed by atoms with E-state index in [1.54, 1.807) is 0 Å². The second-order valence-corrected chi connectivity index (χ2v) is 3.87. The van der Waals surface area contributed by atoms with Crippen LogP contribution in [0.5, 0.6) is 11.5 Å². The number of rotatable bonds is 4. The standard InChI is InChI=1S/C10H9BrO5/c1-16-9-3-5(2-8(13)10(14)15)6(11)4-7(9)12/h3-4,12H,2H2,1H3,(H,14,15). The van der Waals surface area contributed by atoms with Crippen molar-refractivity contribution in [2.75, 3.05) is 7.11 Å². The van der Waals surface area contributed by atoms with E-state index in [1.807, 2.05) is 0 Å². The van der Waals surface area contributed by atoms with E-state index in [1.165, 1.54) is 19.2 Å². The summed E-state index contributed by atoms with van der Waals surface area (Å²) >= 11 is 3.13. The smallest absolute Gasteiger partial charge is 0.372 e. The van der Waals surface area contributed by atoms with Gasteiger partial charge in [0, 0.05) is 10.9 Å². The van der Waals surface area contributed by atoms with E-state index < -0.39 is 11.8 Å². The summed E-state index contributed by atoms with van der Waals surface area (Å²) < 4.78 is 5.31. The molecule has 0 aromatic heterocycles. The van der Waals surface area contributed by atoms with Gasteiger partial charge in [-0.2, -0.15) is 0 Å². The first-order valence-electron chi connectivity index (χ1n) is 4.27. The van der Waals surface area contributed by atoms with Gasteiger partial charge in [-0.3, -0.25) is 4.79 Å². The molecule has 5 nitrogen and oxygen atoms in total. The summed E-state index contributed by atoms with van der Waals surface area (Å²) in [5.74, 6) is -2.30. The van der Waals surface area contributed by atoms with Crippen molar-refractivity contribution in [1.82, 2.24) is 0 Å². The molecular formula is C10H9BrO5. The van der Waals surface area contributed by atoms with E-state index in [2.05, 4.69) is 15.9 Å². The molecule has 0 atom stereocenters. The van der Waals surface area contributed by atoms with E-state index in [0.717, 1.165) is 0 Å². The number of Topliss-reactive ketones (excluding diaryl/α,β-unsaturated/α-hetero) is 1. The minimum Gasteiger partial charge on any atom is -0.504 e. The van der Waals surface area contributed by atoms with Crippen molar-refractivity contribution in [2.24, 2.45) is 0 Å². The molecule has 1 aromatic rings. The predicted molar refractivity (Wildman–Crippen MR) is 58.7 cm³/mol. The summed E-state index contributed by atoms with van der Waals surface area (Å²) in [5, 5.41) is 17.9. The Hall–Kier alpha value is -1.56. The Bertz CT molecular complexity index is 441. The maximum absolute atomic E-state index is 11.0. The molecule has 1 aromatic carbocycles. The quantitative estimate of drug-likeness (QED) is 0.818. The molecule has 0 radical (unpaired) electrons. The van der Waals surface area contributed by atoms with E-state index in [9.17, 15) is 14.7 Å². The van der Waals surface area contributed by atoms with Crippen molar-refractivity contribution >= 4 is 27.7 Å².